The zero-order valence-electron chi connectivity index (χ0n) is 8.47. The molecule has 0 aliphatic carbocycles. The standard InChI is InChI=1S/C10H11N5O/c11-8(16)5-13-9-6-3-1-2-4-7(6)14-10(12)15-9/h1-4H,5H2,(H2,11,16)(H3,12,13,14,15). The molecule has 0 radical (unpaired) electrons. The summed E-state index contributed by atoms with van der Waals surface area (Å²) in [6.07, 6.45) is 0. The number of hydrogen-bond acceptors (Lipinski definition) is 5. The van der Waals surface area contributed by atoms with E-state index >= 15 is 0 Å². The molecule has 1 heterocycles. The van der Waals surface area contributed by atoms with Gasteiger partial charge in [-0.15, -0.1) is 0 Å². The zero-order chi connectivity index (χ0) is 11.5. The molecular formula is C10H11N5O. The fourth-order valence-corrected chi connectivity index (χ4v) is 1.40. The smallest absolute Gasteiger partial charge is 0.236 e. The van der Waals surface area contributed by atoms with E-state index in [2.05, 4.69) is 15.3 Å². The van der Waals surface area contributed by atoms with E-state index < -0.39 is 5.91 Å². The number of para-hydroxylation sites is 1. The highest BCUT2D eigenvalue weighted by atomic mass is 16.1. The van der Waals surface area contributed by atoms with Crippen LogP contribution >= 0.6 is 0 Å². The number of benzene rings is 1. The Hall–Kier alpha value is -2.37. The quantitative estimate of drug-likeness (QED) is 0.676. The van der Waals surface area contributed by atoms with Gasteiger partial charge in [0.15, 0.2) is 0 Å². The lowest BCUT2D eigenvalue weighted by Crippen LogP contribution is -2.22. The second-order valence-corrected chi connectivity index (χ2v) is 3.27. The van der Waals surface area contributed by atoms with Crippen molar-refractivity contribution in [2.45, 2.75) is 0 Å². The van der Waals surface area contributed by atoms with Gasteiger partial charge in [0.25, 0.3) is 0 Å². The number of aromatic nitrogens is 2. The highest BCUT2D eigenvalue weighted by Gasteiger charge is 2.05. The Morgan fingerprint density at radius 1 is 1.31 bits per heavy atom. The molecule has 0 spiro atoms. The lowest BCUT2D eigenvalue weighted by Gasteiger charge is -2.07. The number of amides is 1. The van der Waals surface area contributed by atoms with Crippen LogP contribution in [0, 0.1) is 0 Å². The van der Waals surface area contributed by atoms with Gasteiger partial charge < -0.3 is 16.8 Å². The molecule has 0 saturated carbocycles. The van der Waals surface area contributed by atoms with Gasteiger partial charge in [-0.1, -0.05) is 12.1 Å². The van der Waals surface area contributed by atoms with Crippen molar-refractivity contribution in [3.8, 4) is 0 Å². The summed E-state index contributed by atoms with van der Waals surface area (Å²) in [5.74, 6) is 0.217. The Balaban J connectivity index is 2.46. The molecular weight excluding hydrogens is 206 g/mol. The van der Waals surface area contributed by atoms with Crippen molar-refractivity contribution >= 4 is 28.6 Å². The molecule has 0 aliphatic rings. The van der Waals surface area contributed by atoms with Crippen LogP contribution in [-0.4, -0.2) is 22.4 Å². The monoisotopic (exact) mass is 217 g/mol. The lowest BCUT2D eigenvalue weighted by atomic mass is 10.2. The van der Waals surface area contributed by atoms with Crippen LogP contribution in [0.1, 0.15) is 0 Å². The number of primary amides is 1. The number of carbonyl (C=O) groups excluding carboxylic acids is 1. The molecule has 1 amide bonds. The number of carbonyl (C=O) groups is 1. The third kappa shape index (κ3) is 2.00. The Labute approximate surface area is 91.7 Å². The van der Waals surface area contributed by atoms with Gasteiger partial charge in [0.1, 0.15) is 5.82 Å². The summed E-state index contributed by atoms with van der Waals surface area (Å²) in [6.45, 7) is 0.0143. The Morgan fingerprint density at radius 2 is 2.06 bits per heavy atom. The molecule has 0 saturated heterocycles. The predicted molar refractivity (Wildman–Crippen MR) is 61.6 cm³/mol. The Bertz CT molecular complexity index is 540. The van der Waals surface area contributed by atoms with Crippen LogP contribution in [0.2, 0.25) is 0 Å². The maximum Gasteiger partial charge on any atom is 0.236 e. The van der Waals surface area contributed by atoms with Crippen LogP contribution in [0.3, 0.4) is 0 Å². The molecule has 0 bridgehead atoms. The molecule has 1 aromatic carbocycles. The van der Waals surface area contributed by atoms with Crippen molar-refractivity contribution in [3.05, 3.63) is 24.3 Å². The van der Waals surface area contributed by atoms with Crippen molar-refractivity contribution in [1.82, 2.24) is 9.97 Å². The Morgan fingerprint density at radius 3 is 2.81 bits per heavy atom. The van der Waals surface area contributed by atoms with E-state index in [0.717, 1.165) is 10.9 Å². The van der Waals surface area contributed by atoms with Gasteiger partial charge in [-0.2, -0.15) is 4.98 Å². The fraction of sp³-hybridized carbons (Fsp3) is 0.100. The average Bonchev–Trinajstić information content (AvgIpc) is 2.25. The molecule has 0 fully saturated rings. The number of hydrogen-bond donors (Lipinski definition) is 3. The number of nitrogen functional groups attached to an aromatic ring is 1. The highest BCUT2D eigenvalue weighted by molar-refractivity contribution is 5.91. The fourth-order valence-electron chi connectivity index (χ4n) is 1.40. The number of nitrogens with zero attached hydrogens (tertiary/aromatic N) is 2. The van der Waals surface area contributed by atoms with Gasteiger partial charge in [-0.05, 0) is 12.1 Å². The second kappa shape index (κ2) is 4.01. The van der Waals surface area contributed by atoms with Gasteiger partial charge in [-0.3, -0.25) is 4.79 Å². The van der Waals surface area contributed by atoms with Crippen molar-refractivity contribution in [2.75, 3.05) is 17.6 Å². The highest BCUT2D eigenvalue weighted by Crippen LogP contribution is 2.20. The summed E-state index contributed by atoms with van der Waals surface area (Å²) in [7, 11) is 0. The molecule has 0 atom stereocenters. The molecule has 2 rings (SSSR count). The van der Waals surface area contributed by atoms with Gasteiger partial charge in [0, 0.05) is 5.39 Å². The van der Waals surface area contributed by atoms with E-state index in [1.54, 1.807) is 0 Å². The maximum atomic E-state index is 10.7. The first-order valence-corrected chi connectivity index (χ1v) is 4.71. The molecule has 0 unspecified atom stereocenters. The van der Waals surface area contributed by atoms with E-state index in [1.807, 2.05) is 24.3 Å². The van der Waals surface area contributed by atoms with Crippen LogP contribution in [0.4, 0.5) is 11.8 Å². The van der Waals surface area contributed by atoms with E-state index in [-0.39, 0.29) is 12.5 Å². The molecule has 16 heavy (non-hydrogen) atoms. The van der Waals surface area contributed by atoms with Gasteiger partial charge >= 0.3 is 0 Å². The summed E-state index contributed by atoms with van der Waals surface area (Å²) in [4.78, 5) is 18.8. The largest absolute Gasteiger partial charge is 0.368 e. The van der Waals surface area contributed by atoms with E-state index in [1.165, 1.54) is 0 Å². The summed E-state index contributed by atoms with van der Waals surface area (Å²) >= 11 is 0. The first-order valence-electron chi connectivity index (χ1n) is 4.71. The third-order valence-corrected chi connectivity index (χ3v) is 2.05. The minimum Gasteiger partial charge on any atom is -0.368 e. The van der Waals surface area contributed by atoms with Crippen LogP contribution in [0.5, 0.6) is 0 Å². The minimum absolute atomic E-state index is 0.0143. The molecule has 5 N–H and O–H groups in total. The molecule has 0 aliphatic heterocycles. The number of nitrogens with one attached hydrogen (secondary N) is 1. The van der Waals surface area contributed by atoms with Gasteiger partial charge in [0.05, 0.1) is 12.1 Å². The zero-order valence-corrected chi connectivity index (χ0v) is 8.47. The van der Waals surface area contributed by atoms with E-state index in [9.17, 15) is 4.79 Å². The normalized spacial score (nSPS) is 10.2. The molecule has 6 heteroatoms. The number of anilines is 2. The SMILES string of the molecule is NC(=O)CNc1nc(N)nc2ccccc12. The van der Waals surface area contributed by atoms with Crippen molar-refractivity contribution in [3.63, 3.8) is 0 Å². The van der Waals surface area contributed by atoms with Crippen LogP contribution in [0.15, 0.2) is 24.3 Å². The average molecular weight is 217 g/mol. The van der Waals surface area contributed by atoms with Crippen molar-refractivity contribution < 1.29 is 4.79 Å². The van der Waals surface area contributed by atoms with E-state index in [4.69, 9.17) is 11.5 Å². The van der Waals surface area contributed by atoms with Crippen molar-refractivity contribution in [1.29, 1.82) is 0 Å². The summed E-state index contributed by atoms with van der Waals surface area (Å²) in [5, 5.41) is 3.63. The number of fused-ring (bicyclic) bond motifs is 1. The second-order valence-electron chi connectivity index (χ2n) is 3.27. The van der Waals surface area contributed by atoms with Crippen molar-refractivity contribution in [2.24, 2.45) is 5.73 Å². The Kier molecular flexibility index (Phi) is 2.55. The molecule has 2 aromatic rings. The minimum atomic E-state index is -0.457. The topological polar surface area (TPSA) is 107 Å². The molecule has 1 aromatic heterocycles. The molecule has 6 nitrogen and oxygen atoms in total. The van der Waals surface area contributed by atoms with Gasteiger partial charge in [-0.25, -0.2) is 4.98 Å². The lowest BCUT2D eigenvalue weighted by molar-refractivity contribution is -0.116. The predicted octanol–water partition coefficient (Wildman–Crippen LogP) is 0.109. The summed E-state index contributed by atoms with van der Waals surface area (Å²) in [5.41, 5.74) is 11.3. The third-order valence-electron chi connectivity index (χ3n) is 2.05. The van der Waals surface area contributed by atoms with E-state index in [0.29, 0.717) is 5.82 Å². The number of nitrogens with two attached hydrogens (primary N) is 2. The summed E-state index contributed by atoms with van der Waals surface area (Å²) < 4.78 is 0. The number of rotatable bonds is 3. The maximum absolute atomic E-state index is 10.7. The van der Waals surface area contributed by atoms with Crippen LogP contribution in [0.25, 0.3) is 10.9 Å². The van der Waals surface area contributed by atoms with Crippen LogP contribution < -0.4 is 16.8 Å². The first kappa shape index (κ1) is 10.2. The first-order chi connectivity index (χ1) is 7.66. The van der Waals surface area contributed by atoms with Gasteiger partial charge in [0.2, 0.25) is 11.9 Å². The summed E-state index contributed by atoms with van der Waals surface area (Å²) in [6, 6.07) is 7.38. The molecule has 82 valence electrons. The van der Waals surface area contributed by atoms with Crippen LogP contribution in [-0.2, 0) is 4.79 Å².